The van der Waals surface area contributed by atoms with Crippen molar-refractivity contribution in [3.63, 3.8) is 0 Å². The number of nitrogens with two attached hydrogens (primary N) is 1. The lowest BCUT2D eigenvalue weighted by Gasteiger charge is -2.18. The lowest BCUT2D eigenvalue weighted by Crippen LogP contribution is -2.47. The molecule has 1 unspecified atom stereocenters. The van der Waals surface area contributed by atoms with Gasteiger partial charge in [0, 0.05) is 12.1 Å². The second-order valence-corrected chi connectivity index (χ2v) is 6.95. The zero-order valence-electron chi connectivity index (χ0n) is 15.3. The number of carbonyl (C=O) groups is 2. The lowest BCUT2D eigenvalue weighted by atomic mass is 10.0. The van der Waals surface area contributed by atoms with Gasteiger partial charge in [0.25, 0.3) is 0 Å². The van der Waals surface area contributed by atoms with Crippen LogP contribution in [-0.2, 0) is 17.6 Å². The summed E-state index contributed by atoms with van der Waals surface area (Å²) >= 11 is 0. The van der Waals surface area contributed by atoms with Crippen LogP contribution in [-0.4, -0.2) is 18.0 Å². The van der Waals surface area contributed by atoms with Crippen molar-refractivity contribution in [1.82, 2.24) is 5.32 Å². The molecular formula is C23H21N3O2. The third-order valence-electron chi connectivity index (χ3n) is 4.98. The maximum Gasteiger partial charge on any atom is 0.312 e. The fourth-order valence-corrected chi connectivity index (χ4v) is 3.68. The predicted molar refractivity (Wildman–Crippen MR) is 110 cm³/mol. The Balaban J connectivity index is 1.51. The first-order valence-electron chi connectivity index (χ1n) is 9.22. The van der Waals surface area contributed by atoms with Gasteiger partial charge in [-0.15, -0.1) is 0 Å². The zero-order chi connectivity index (χ0) is 19.5. The molecule has 0 heterocycles. The molecule has 0 saturated carbocycles. The van der Waals surface area contributed by atoms with Crippen molar-refractivity contribution in [3.05, 3.63) is 89.5 Å². The molecule has 0 saturated heterocycles. The zero-order valence-corrected chi connectivity index (χ0v) is 15.3. The first-order chi connectivity index (χ1) is 13.6. The molecule has 4 N–H and O–H groups in total. The van der Waals surface area contributed by atoms with Crippen LogP contribution in [0.5, 0.6) is 0 Å². The Bertz CT molecular complexity index is 1030. The van der Waals surface area contributed by atoms with Gasteiger partial charge in [-0.05, 0) is 46.4 Å². The molecule has 3 amide bonds. The standard InChI is InChI=1S/C23H21N3O2/c24-23(28)26-21(12-15-6-2-1-3-7-15)22(27)25-18-10-11-20-17(14-18)13-16-8-4-5-9-19(16)20/h1-11,14,21H,12-13H2,(H,25,27)(H3,24,26,28). The number of rotatable bonds is 5. The van der Waals surface area contributed by atoms with Crippen LogP contribution < -0.4 is 16.4 Å². The Morgan fingerprint density at radius 3 is 2.39 bits per heavy atom. The van der Waals surface area contributed by atoms with Crippen molar-refractivity contribution < 1.29 is 9.59 Å². The minimum atomic E-state index is -0.745. The molecule has 0 spiro atoms. The minimum Gasteiger partial charge on any atom is -0.352 e. The largest absolute Gasteiger partial charge is 0.352 e. The highest BCUT2D eigenvalue weighted by atomic mass is 16.2. The molecule has 0 aliphatic heterocycles. The quantitative estimate of drug-likeness (QED) is 0.502. The number of primary amides is 1. The monoisotopic (exact) mass is 371 g/mol. The predicted octanol–water partition coefficient (Wildman–Crippen LogP) is 3.48. The van der Waals surface area contributed by atoms with E-state index in [4.69, 9.17) is 5.73 Å². The molecule has 0 fully saturated rings. The van der Waals surface area contributed by atoms with E-state index in [1.807, 2.05) is 60.7 Å². The Labute approximate surface area is 163 Å². The van der Waals surface area contributed by atoms with Crippen LogP contribution in [0.15, 0.2) is 72.8 Å². The van der Waals surface area contributed by atoms with Crippen molar-refractivity contribution in [1.29, 1.82) is 0 Å². The van der Waals surface area contributed by atoms with Gasteiger partial charge in [-0.3, -0.25) is 4.79 Å². The summed E-state index contributed by atoms with van der Waals surface area (Å²) in [4.78, 5) is 24.2. The smallest absolute Gasteiger partial charge is 0.312 e. The van der Waals surface area contributed by atoms with Crippen LogP contribution in [0.25, 0.3) is 11.1 Å². The molecule has 0 aromatic heterocycles. The number of benzene rings is 3. The maximum absolute atomic E-state index is 12.8. The summed E-state index contributed by atoms with van der Waals surface area (Å²) < 4.78 is 0. The molecular weight excluding hydrogens is 350 g/mol. The lowest BCUT2D eigenvalue weighted by molar-refractivity contribution is -0.117. The summed E-state index contributed by atoms with van der Waals surface area (Å²) in [5.74, 6) is -0.293. The normalized spacial score (nSPS) is 12.6. The van der Waals surface area contributed by atoms with E-state index in [-0.39, 0.29) is 5.91 Å². The van der Waals surface area contributed by atoms with Crippen LogP contribution in [0.4, 0.5) is 10.5 Å². The molecule has 5 heteroatoms. The van der Waals surface area contributed by atoms with Gasteiger partial charge in [-0.1, -0.05) is 60.7 Å². The minimum absolute atomic E-state index is 0.293. The van der Waals surface area contributed by atoms with Crippen LogP contribution in [0.1, 0.15) is 16.7 Å². The second-order valence-electron chi connectivity index (χ2n) is 6.95. The van der Waals surface area contributed by atoms with Gasteiger partial charge >= 0.3 is 6.03 Å². The van der Waals surface area contributed by atoms with E-state index in [1.54, 1.807) is 0 Å². The van der Waals surface area contributed by atoms with E-state index in [0.29, 0.717) is 12.1 Å². The van der Waals surface area contributed by atoms with Crippen molar-refractivity contribution in [3.8, 4) is 11.1 Å². The summed E-state index contributed by atoms with van der Waals surface area (Å²) in [6.07, 6.45) is 1.22. The molecule has 1 aliphatic rings. The number of anilines is 1. The number of hydrogen-bond donors (Lipinski definition) is 3. The Hall–Kier alpha value is -3.60. The SMILES string of the molecule is NC(=O)NC(Cc1ccccc1)C(=O)Nc1ccc2c(c1)Cc1ccccc1-2. The maximum atomic E-state index is 12.8. The van der Waals surface area contributed by atoms with E-state index in [0.717, 1.165) is 12.0 Å². The highest BCUT2D eigenvalue weighted by molar-refractivity contribution is 5.97. The molecule has 1 atom stereocenters. The number of amides is 3. The number of hydrogen-bond acceptors (Lipinski definition) is 2. The summed E-state index contributed by atoms with van der Waals surface area (Å²) in [7, 11) is 0. The Kier molecular flexibility index (Phi) is 4.81. The number of carbonyl (C=O) groups excluding carboxylic acids is 2. The van der Waals surface area contributed by atoms with Crippen LogP contribution >= 0.6 is 0 Å². The third kappa shape index (κ3) is 3.74. The molecule has 3 aromatic carbocycles. The Morgan fingerprint density at radius 1 is 0.893 bits per heavy atom. The van der Waals surface area contributed by atoms with Gasteiger partial charge in [0.15, 0.2) is 0 Å². The molecule has 0 bridgehead atoms. The van der Waals surface area contributed by atoms with E-state index >= 15 is 0 Å². The number of urea groups is 1. The number of nitrogens with one attached hydrogen (secondary N) is 2. The number of fused-ring (bicyclic) bond motifs is 3. The summed E-state index contributed by atoms with van der Waals surface area (Å²) in [5.41, 5.74) is 11.8. The average Bonchev–Trinajstić information content (AvgIpc) is 3.05. The molecule has 4 rings (SSSR count). The van der Waals surface area contributed by atoms with E-state index in [2.05, 4.69) is 22.8 Å². The van der Waals surface area contributed by atoms with E-state index in [9.17, 15) is 9.59 Å². The topological polar surface area (TPSA) is 84.2 Å². The van der Waals surface area contributed by atoms with Gasteiger partial charge in [0.1, 0.15) is 6.04 Å². The van der Waals surface area contributed by atoms with Gasteiger partial charge < -0.3 is 16.4 Å². The van der Waals surface area contributed by atoms with Gasteiger partial charge in [-0.2, -0.15) is 0 Å². The average molecular weight is 371 g/mol. The van der Waals surface area contributed by atoms with E-state index < -0.39 is 12.1 Å². The van der Waals surface area contributed by atoms with Crippen molar-refractivity contribution in [2.24, 2.45) is 5.73 Å². The first kappa shape index (κ1) is 17.8. The van der Waals surface area contributed by atoms with Crippen molar-refractivity contribution in [2.75, 3.05) is 5.32 Å². The van der Waals surface area contributed by atoms with Crippen LogP contribution in [0.2, 0.25) is 0 Å². The molecule has 1 aliphatic carbocycles. The van der Waals surface area contributed by atoms with Crippen LogP contribution in [0.3, 0.4) is 0 Å². The fourth-order valence-electron chi connectivity index (χ4n) is 3.68. The van der Waals surface area contributed by atoms with Gasteiger partial charge in [-0.25, -0.2) is 4.79 Å². The summed E-state index contributed by atoms with van der Waals surface area (Å²) in [6, 6.07) is 22.3. The first-order valence-corrected chi connectivity index (χ1v) is 9.22. The van der Waals surface area contributed by atoms with E-state index in [1.165, 1.54) is 22.3 Å². The molecule has 3 aromatic rings. The van der Waals surface area contributed by atoms with Crippen molar-refractivity contribution >= 4 is 17.6 Å². The molecule has 140 valence electrons. The fraction of sp³-hybridized carbons (Fsp3) is 0.130. The highest BCUT2D eigenvalue weighted by Crippen LogP contribution is 2.37. The Morgan fingerprint density at radius 2 is 1.61 bits per heavy atom. The third-order valence-corrected chi connectivity index (χ3v) is 4.98. The van der Waals surface area contributed by atoms with Gasteiger partial charge in [0.05, 0.1) is 0 Å². The van der Waals surface area contributed by atoms with Crippen molar-refractivity contribution in [2.45, 2.75) is 18.9 Å². The molecule has 0 radical (unpaired) electrons. The second kappa shape index (κ2) is 7.56. The highest BCUT2D eigenvalue weighted by Gasteiger charge is 2.22. The summed E-state index contributed by atoms with van der Waals surface area (Å²) in [5, 5.41) is 5.46. The molecule has 28 heavy (non-hydrogen) atoms. The summed E-state index contributed by atoms with van der Waals surface area (Å²) in [6.45, 7) is 0. The van der Waals surface area contributed by atoms with Gasteiger partial charge in [0.2, 0.25) is 5.91 Å². The van der Waals surface area contributed by atoms with Crippen LogP contribution in [0, 0.1) is 0 Å². The molecule has 5 nitrogen and oxygen atoms in total.